The van der Waals surface area contributed by atoms with Gasteiger partial charge in [-0.2, -0.15) is 13.2 Å². The highest BCUT2D eigenvalue weighted by Crippen LogP contribution is 2.31. The summed E-state index contributed by atoms with van der Waals surface area (Å²) in [5.41, 5.74) is 5.29. The van der Waals surface area contributed by atoms with Gasteiger partial charge in [-0.3, -0.25) is 4.40 Å². The maximum Gasteiger partial charge on any atom is 0.452 e. The predicted octanol–water partition coefficient (Wildman–Crippen LogP) is 1.19. The Bertz CT molecular complexity index is 798. The number of rotatable bonds is 0. The molecule has 0 atom stereocenters. The van der Waals surface area contributed by atoms with Crippen LogP contribution in [0.25, 0.3) is 16.7 Å². The first-order valence-corrected chi connectivity index (χ1v) is 5.05. The van der Waals surface area contributed by atoms with E-state index in [0.717, 1.165) is 12.1 Å². The number of nitrogens with two attached hydrogens (primary N) is 1. The van der Waals surface area contributed by atoms with Crippen molar-refractivity contribution in [1.29, 1.82) is 0 Å². The van der Waals surface area contributed by atoms with E-state index in [-0.39, 0.29) is 28.0 Å². The summed E-state index contributed by atoms with van der Waals surface area (Å²) in [5, 5.41) is 6.40. The average molecular weight is 289 g/mol. The second kappa shape index (κ2) is 4.27. The molecule has 0 saturated carbocycles. The first kappa shape index (κ1) is 13.9. The number of aromatic nitrogens is 4. The molecule has 6 nitrogen and oxygen atoms in total. The fourth-order valence-electron chi connectivity index (χ4n) is 1.81. The summed E-state index contributed by atoms with van der Waals surface area (Å²) in [6, 6.07) is 3.24. The molecule has 0 bridgehead atoms. The molecule has 0 aliphatic rings. The molecule has 1 aromatic carbocycles. The van der Waals surface area contributed by atoms with Crippen molar-refractivity contribution in [3.63, 3.8) is 0 Å². The number of halogens is 4. The van der Waals surface area contributed by atoms with E-state index in [2.05, 4.69) is 15.2 Å². The molecule has 0 aliphatic heterocycles. The van der Waals surface area contributed by atoms with Crippen LogP contribution in [0.2, 0.25) is 0 Å². The second-order valence-electron chi connectivity index (χ2n) is 3.81. The van der Waals surface area contributed by atoms with Crippen LogP contribution < -0.4 is 5.73 Å². The van der Waals surface area contributed by atoms with E-state index >= 15 is 0 Å². The highest BCUT2D eigenvalue weighted by Gasteiger charge is 2.38. The standard InChI is InChI=1S/C10H5F4N5.H2O/c11-4-1-2-5-6(3-4)19-8(7(15)16-5)17-18-9(19)10(12,13)14;/h1-3H,(H2,15,16);1H2. The number of alkyl halides is 3. The Morgan fingerprint density at radius 2 is 1.85 bits per heavy atom. The van der Waals surface area contributed by atoms with Gasteiger partial charge in [0, 0.05) is 6.07 Å². The average Bonchev–Trinajstić information content (AvgIpc) is 2.75. The van der Waals surface area contributed by atoms with Crippen molar-refractivity contribution in [1.82, 2.24) is 19.6 Å². The van der Waals surface area contributed by atoms with Crippen LogP contribution >= 0.6 is 0 Å². The van der Waals surface area contributed by atoms with Crippen molar-refractivity contribution in [2.24, 2.45) is 0 Å². The molecule has 4 N–H and O–H groups in total. The van der Waals surface area contributed by atoms with E-state index in [0.29, 0.717) is 4.40 Å². The van der Waals surface area contributed by atoms with Crippen molar-refractivity contribution in [3.8, 4) is 0 Å². The molecule has 20 heavy (non-hydrogen) atoms. The van der Waals surface area contributed by atoms with Crippen LogP contribution in [0.4, 0.5) is 23.4 Å². The van der Waals surface area contributed by atoms with Crippen LogP contribution in [0.5, 0.6) is 0 Å². The topological polar surface area (TPSA) is 101 Å². The van der Waals surface area contributed by atoms with Gasteiger partial charge in [0.15, 0.2) is 5.82 Å². The second-order valence-corrected chi connectivity index (χ2v) is 3.81. The van der Waals surface area contributed by atoms with Crippen molar-refractivity contribution < 1.29 is 23.0 Å². The number of benzene rings is 1. The van der Waals surface area contributed by atoms with Crippen molar-refractivity contribution in [3.05, 3.63) is 29.8 Å². The molecule has 0 spiro atoms. The SMILES string of the molecule is Nc1nc2ccc(F)cc2n2c(C(F)(F)F)nnc12.O. The number of nitrogen functional groups attached to an aromatic ring is 1. The van der Waals surface area contributed by atoms with E-state index < -0.39 is 17.8 Å². The normalized spacial score (nSPS) is 11.8. The van der Waals surface area contributed by atoms with Crippen molar-refractivity contribution in [2.45, 2.75) is 6.18 Å². The molecule has 2 aromatic heterocycles. The number of hydrogen-bond acceptors (Lipinski definition) is 4. The third-order valence-corrected chi connectivity index (χ3v) is 2.56. The van der Waals surface area contributed by atoms with E-state index in [1.54, 1.807) is 0 Å². The highest BCUT2D eigenvalue weighted by molar-refractivity contribution is 5.82. The van der Waals surface area contributed by atoms with Crippen LogP contribution in [0.3, 0.4) is 0 Å². The van der Waals surface area contributed by atoms with Crippen molar-refractivity contribution >= 4 is 22.5 Å². The van der Waals surface area contributed by atoms with Gasteiger partial charge in [0.2, 0.25) is 11.5 Å². The molecule has 0 saturated heterocycles. The number of fused-ring (bicyclic) bond motifs is 3. The van der Waals surface area contributed by atoms with Crippen LogP contribution in [-0.4, -0.2) is 25.1 Å². The summed E-state index contributed by atoms with van der Waals surface area (Å²) in [5.74, 6) is -2.17. The minimum absolute atomic E-state index is 0. The Hall–Kier alpha value is -2.49. The van der Waals surface area contributed by atoms with Crippen LogP contribution in [0, 0.1) is 5.82 Å². The molecule has 10 heteroatoms. The van der Waals surface area contributed by atoms with Gasteiger partial charge in [0.05, 0.1) is 11.0 Å². The zero-order valence-corrected chi connectivity index (χ0v) is 9.61. The van der Waals surface area contributed by atoms with Gasteiger partial charge in [-0.15, -0.1) is 10.2 Å². The van der Waals surface area contributed by atoms with Crippen LogP contribution in [0.1, 0.15) is 5.82 Å². The molecule has 0 fully saturated rings. The summed E-state index contributed by atoms with van der Waals surface area (Å²) in [4.78, 5) is 3.86. The Balaban J connectivity index is 0.00000147. The summed E-state index contributed by atoms with van der Waals surface area (Å²) >= 11 is 0. The molecule has 0 amide bonds. The Labute approximate surface area is 108 Å². The zero-order chi connectivity index (χ0) is 13.8. The molecule has 3 aromatic rings. The van der Waals surface area contributed by atoms with E-state index in [1.807, 2.05) is 0 Å². The fraction of sp³-hybridized carbons (Fsp3) is 0.100. The molecule has 0 aliphatic carbocycles. The largest absolute Gasteiger partial charge is 0.452 e. The molecule has 0 radical (unpaired) electrons. The summed E-state index contributed by atoms with van der Waals surface area (Å²) in [6.07, 6.45) is -4.73. The van der Waals surface area contributed by atoms with E-state index in [4.69, 9.17) is 5.73 Å². The van der Waals surface area contributed by atoms with Gasteiger partial charge in [-0.25, -0.2) is 9.37 Å². The maximum absolute atomic E-state index is 13.2. The lowest BCUT2D eigenvalue weighted by molar-refractivity contribution is -0.145. The first-order valence-electron chi connectivity index (χ1n) is 5.05. The minimum Gasteiger partial charge on any atom is -0.412 e. The van der Waals surface area contributed by atoms with Gasteiger partial charge >= 0.3 is 6.18 Å². The summed E-state index contributed by atoms with van der Waals surface area (Å²) < 4.78 is 52.4. The Kier molecular flexibility index (Phi) is 2.97. The highest BCUT2D eigenvalue weighted by atomic mass is 19.4. The molecule has 0 unspecified atom stereocenters. The van der Waals surface area contributed by atoms with E-state index in [1.165, 1.54) is 6.07 Å². The Morgan fingerprint density at radius 3 is 2.50 bits per heavy atom. The van der Waals surface area contributed by atoms with Crippen LogP contribution in [-0.2, 0) is 6.18 Å². The van der Waals surface area contributed by atoms with Gasteiger partial charge < -0.3 is 11.2 Å². The monoisotopic (exact) mass is 289 g/mol. The quantitative estimate of drug-likeness (QED) is 0.628. The first-order chi connectivity index (χ1) is 8.88. The molecule has 2 heterocycles. The predicted molar refractivity (Wildman–Crippen MR) is 61.3 cm³/mol. The van der Waals surface area contributed by atoms with E-state index in [9.17, 15) is 17.6 Å². The Morgan fingerprint density at radius 1 is 1.15 bits per heavy atom. The third-order valence-electron chi connectivity index (χ3n) is 2.56. The minimum atomic E-state index is -4.73. The molecular formula is C10H7F4N5O. The number of nitrogens with zero attached hydrogens (tertiary/aromatic N) is 4. The van der Waals surface area contributed by atoms with Gasteiger partial charge in [-0.05, 0) is 12.1 Å². The third kappa shape index (κ3) is 1.90. The molecule has 106 valence electrons. The zero-order valence-electron chi connectivity index (χ0n) is 9.61. The lowest BCUT2D eigenvalue weighted by atomic mass is 10.3. The maximum atomic E-state index is 13.2. The molecule has 3 rings (SSSR count). The summed E-state index contributed by atoms with van der Waals surface area (Å²) in [6.45, 7) is 0. The number of anilines is 1. The van der Waals surface area contributed by atoms with Gasteiger partial charge in [0.1, 0.15) is 5.82 Å². The van der Waals surface area contributed by atoms with Gasteiger partial charge in [-0.1, -0.05) is 0 Å². The lowest BCUT2D eigenvalue weighted by Crippen LogP contribution is -2.12. The van der Waals surface area contributed by atoms with Crippen molar-refractivity contribution in [2.75, 3.05) is 5.73 Å². The lowest BCUT2D eigenvalue weighted by Gasteiger charge is -2.08. The van der Waals surface area contributed by atoms with Crippen LogP contribution in [0.15, 0.2) is 18.2 Å². The molecular weight excluding hydrogens is 282 g/mol. The smallest absolute Gasteiger partial charge is 0.412 e. The fourth-order valence-corrected chi connectivity index (χ4v) is 1.81. The summed E-state index contributed by atoms with van der Waals surface area (Å²) in [7, 11) is 0. The van der Waals surface area contributed by atoms with Gasteiger partial charge in [0.25, 0.3) is 0 Å². The number of hydrogen-bond donors (Lipinski definition) is 1.